The van der Waals surface area contributed by atoms with E-state index in [2.05, 4.69) is 15.3 Å². The van der Waals surface area contributed by atoms with Gasteiger partial charge in [0, 0.05) is 11.9 Å². The van der Waals surface area contributed by atoms with E-state index in [1.165, 1.54) is 0 Å². The molecule has 1 aromatic carbocycles. The van der Waals surface area contributed by atoms with Crippen LogP contribution in [0.25, 0.3) is 0 Å². The molecule has 102 valence electrons. The van der Waals surface area contributed by atoms with E-state index in [1.807, 2.05) is 6.07 Å². The van der Waals surface area contributed by atoms with Gasteiger partial charge in [0.15, 0.2) is 0 Å². The highest BCUT2D eigenvalue weighted by atomic mass is 19.4. The minimum Gasteiger partial charge on any atom is -0.324 e. The van der Waals surface area contributed by atoms with Gasteiger partial charge in [0.05, 0.1) is 12.5 Å². The number of nitriles is 1. The second-order valence-electron chi connectivity index (χ2n) is 3.92. The van der Waals surface area contributed by atoms with Crippen LogP contribution in [-0.2, 0) is 12.6 Å². The van der Waals surface area contributed by atoms with Crippen molar-refractivity contribution in [2.24, 2.45) is 0 Å². The number of alkyl halides is 3. The molecule has 0 amide bonds. The van der Waals surface area contributed by atoms with E-state index < -0.39 is 11.9 Å². The quantitative estimate of drug-likeness (QED) is 0.935. The number of anilines is 2. The fraction of sp³-hybridized carbons (Fsp3) is 0.154. The van der Waals surface area contributed by atoms with Gasteiger partial charge in [-0.25, -0.2) is 9.97 Å². The van der Waals surface area contributed by atoms with Crippen LogP contribution in [0.3, 0.4) is 0 Å². The number of hydrogen-bond donors (Lipinski definition) is 1. The largest absolute Gasteiger partial charge is 0.433 e. The van der Waals surface area contributed by atoms with Gasteiger partial charge in [0.2, 0.25) is 5.95 Å². The lowest BCUT2D eigenvalue weighted by Gasteiger charge is -2.08. The van der Waals surface area contributed by atoms with Crippen molar-refractivity contribution in [2.75, 3.05) is 5.32 Å². The lowest BCUT2D eigenvalue weighted by molar-refractivity contribution is -0.141. The number of nitrogens with zero attached hydrogens (tertiary/aromatic N) is 3. The number of rotatable bonds is 3. The van der Waals surface area contributed by atoms with Crippen LogP contribution in [0.5, 0.6) is 0 Å². The van der Waals surface area contributed by atoms with Gasteiger partial charge in [0.25, 0.3) is 0 Å². The lowest BCUT2D eigenvalue weighted by atomic mass is 10.1. The molecule has 0 saturated carbocycles. The van der Waals surface area contributed by atoms with Crippen LogP contribution in [0, 0.1) is 11.3 Å². The monoisotopic (exact) mass is 278 g/mol. The molecular weight excluding hydrogens is 269 g/mol. The molecule has 7 heteroatoms. The number of hydrogen-bond acceptors (Lipinski definition) is 4. The van der Waals surface area contributed by atoms with Crippen LogP contribution in [0.15, 0.2) is 36.5 Å². The molecule has 0 fully saturated rings. The van der Waals surface area contributed by atoms with Crippen molar-refractivity contribution < 1.29 is 13.2 Å². The number of benzene rings is 1. The zero-order valence-electron chi connectivity index (χ0n) is 10.1. The molecule has 1 N–H and O–H groups in total. The Labute approximate surface area is 112 Å². The maximum absolute atomic E-state index is 12.5. The zero-order chi connectivity index (χ0) is 14.6. The van der Waals surface area contributed by atoms with Crippen LogP contribution >= 0.6 is 0 Å². The molecule has 2 rings (SSSR count). The van der Waals surface area contributed by atoms with Gasteiger partial charge in [-0.2, -0.15) is 18.4 Å². The summed E-state index contributed by atoms with van der Waals surface area (Å²) in [5.74, 6) is -0.132. The molecule has 0 aliphatic carbocycles. The highest BCUT2D eigenvalue weighted by Gasteiger charge is 2.32. The molecule has 20 heavy (non-hydrogen) atoms. The Bertz CT molecular complexity index is 629. The van der Waals surface area contributed by atoms with Gasteiger partial charge in [-0.05, 0) is 23.8 Å². The lowest BCUT2D eigenvalue weighted by Crippen LogP contribution is -2.10. The first-order valence-electron chi connectivity index (χ1n) is 5.62. The van der Waals surface area contributed by atoms with Crippen molar-refractivity contribution >= 4 is 11.6 Å². The van der Waals surface area contributed by atoms with Crippen molar-refractivity contribution in [1.29, 1.82) is 5.26 Å². The van der Waals surface area contributed by atoms with Crippen molar-refractivity contribution in [1.82, 2.24) is 9.97 Å². The number of halogens is 3. The summed E-state index contributed by atoms with van der Waals surface area (Å²) in [4.78, 5) is 7.13. The second kappa shape index (κ2) is 5.57. The van der Waals surface area contributed by atoms with Crippen LogP contribution in [0.4, 0.5) is 24.8 Å². The predicted octanol–water partition coefficient (Wildman–Crippen LogP) is 3.31. The molecule has 1 heterocycles. The maximum atomic E-state index is 12.5. The summed E-state index contributed by atoms with van der Waals surface area (Å²) < 4.78 is 37.5. The predicted molar refractivity (Wildman–Crippen MR) is 66.1 cm³/mol. The highest BCUT2D eigenvalue weighted by Crippen LogP contribution is 2.28. The second-order valence-corrected chi connectivity index (χ2v) is 3.92. The van der Waals surface area contributed by atoms with E-state index in [0.717, 1.165) is 17.8 Å². The third kappa shape index (κ3) is 3.45. The van der Waals surface area contributed by atoms with E-state index in [0.29, 0.717) is 5.69 Å². The van der Waals surface area contributed by atoms with E-state index in [4.69, 9.17) is 5.26 Å². The molecule has 0 saturated heterocycles. The Morgan fingerprint density at radius 3 is 2.45 bits per heavy atom. The molecule has 0 atom stereocenters. The number of nitrogens with one attached hydrogen (secondary N) is 1. The van der Waals surface area contributed by atoms with E-state index in [9.17, 15) is 13.2 Å². The highest BCUT2D eigenvalue weighted by molar-refractivity contribution is 5.53. The van der Waals surface area contributed by atoms with Crippen LogP contribution < -0.4 is 5.32 Å². The average Bonchev–Trinajstić information content (AvgIpc) is 2.41. The molecule has 0 aliphatic rings. The van der Waals surface area contributed by atoms with Crippen LogP contribution in [0.2, 0.25) is 0 Å². The van der Waals surface area contributed by atoms with Crippen molar-refractivity contribution in [3.63, 3.8) is 0 Å². The zero-order valence-corrected chi connectivity index (χ0v) is 10.1. The standard InChI is InChI=1S/C13H9F3N4/c14-13(15,16)11-6-8-18-12(20-11)19-10-3-1-9(2-4-10)5-7-17/h1-4,6,8H,5H2,(H,18,19,20). The van der Waals surface area contributed by atoms with Crippen molar-refractivity contribution in [3.05, 3.63) is 47.8 Å². The molecular formula is C13H9F3N4. The van der Waals surface area contributed by atoms with Crippen molar-refractivity contribution in [2.45, 2.75) is 12.6 Å². The Hall–Kier alpha value is -2.62. The smallest absolute Gasteiger partial charge is 0.324 e. The Morgan fingerprint density at radius 1 is 1.15 bits per heavy atom. The van der Waals surface area contributed by atoms with Gasteiger partial charge in [-0.3, -0.25) is 0 Å². The average molecular weight is 278 g/mol. The fourth-order valence-electron chi connectivity index (χ4n) is 1.50. The van der Waals surface area contributed by atoms with Gasteiger partial charge < -0.3 is 5.32 Å². The summed E-state index contributed by atoms with van der Waals surface area (Å²) in [6.45, 7) is 0. The first-order chi connectivity index (χ1) is 9.49. The summed E-state index contributed by atoms with van der Waals surface area (Å²) in [6.07, 6.45) is -3.18. The first-order valence-corrected chi connectivity index (χ1v) is 5.62. The van der Waals surface area contributed by atoms with Crippen molar-refractivity contribution in [3.8, 4) is 6.07 Å². The summed E-state index contributed by atoms with van der Waals surface area (Å²) in [6, 6.07) is 9.53. The topological polar surface area (TPSA) is 61.6 Å². The van der Waals surface area contributed by atoms with Gasteiger partial charge in [0.1, 0.15) is 5.69 Å². The summed E-state index contributed by atoms with van der Waals surface area (Å²) in [5, 5.41) is 11.2. The number of aromatic nitrogens is 2. The van der Waals surface area contributed by atoms with Crippen LogP contribution in [-0.4, -0.2) is 9.97 Å². The molecule has 0 unspecified atom stereocenters. The molecule has 4 nitrogen and oxygen atoms in total. The molecule has 1 aromatic heterocycles. The summed E-state index contributed by atoms with van der Waals surface area (Å²) >= 11 is 0. The first kappa shape index (κ1) is 13.8. The summed E-state index contributed by atoms with van der Waals surface area (Å²) in [5.41, 5.74) is 0.366. The molecule has 0 radical (unpaired) electrons. The van der Waals surface area contributed by atoms with Gasteiger partial charge in [-0.1, -0.05) is 12.1 Å². The van der Waals surface area contributed by atoms with Crippen LogP contribution in [0.1, 0.15) is 11.3 Å². The van der Waals surface area contributed by atoms with E-state index in [-0.39, 0.29) is 12.4 Å². The summed E-state index contributed by atoms with van der Waals surface area (Å²) in [7, 11) is 0. The third-order valence-corrected chi connectivity index (χ3v) is 2.44. The third-order valence-electron chi connectivity index (χ3n) is 2.44. The molecule has 0 bridgehead atoms. The maximum Gasteiger partial charge on any atom is 0.433 e. The SMILES string of the molecule is N#CCc1ccc(Nc2nccc(C(F)(F)F)n2)cc1. The minimum atomic E-state index is -4.50. The fourth-order valence-corrected chi connectivity index (χ4v) is 1.50. The minimum absolute atomic E-state index is 0.132. The molecule has 0 aliphatic heterocycles. The van der Waals surface area contributed by atoms with E-state index >= 15 is 0 Å². The normalized spacial score (nSPS) is 10.9. The Kier molecular flexibility index (Phi) is 3.84. The Balaban J connectivity index is 2.16. The molecule has 2 aromatic rings. The Morgan fingerprint density at radius 2 is 1.85 bits per heavy atom. The van der Waals surface area contributed by atoms with E-state index in [1.54, 1.807) is 24.3 Å². The van der Waals surface area contributed by atoms with Gasteiger partial charge in [-0.15, -0.1) is 0 Å². The molecule has 0 spiro atoms. The van der Waals surface area contributed by atoms with Gasteiger partial charge >= 0.3 is 6.18 Å².